The molecule has 0 saturated heterocycles. The van der Waals surface area contributed by atoms with Crippen molar-refractivity contribution in [3.05, 3.63) is 24.3 Å². The first-order valence-corrected chi connectivity index (χ1v) is 4.98. The van der Waals surface area contributed by atoms with Crippen LogP contribution in [0.2, 0.25) is 0 Å². The Morgan fingerprint density at radius 3 is 3.12 bits per heavy atom. The van der Waals surface area contributed by atoms with Crippen molar-refractivity contribution in [3.63, 3.8) is 0 Å². The molecule has 86 valence electrons. The SMILES string of the molecule is N#CCC(=O)NNCn1nnc2ccccc21. The predicted molar refractivity (Wildman–Crippen MR) is 59.0 cm³/mol. The maximum Gasteiger partial charge on any atom is 0.248 e. The summed E-state index contributed by atoms with van der Waals surface area (Å²) in [5.41, 5.74) is 6.72. The van der Waals surface area contributed by atoms with E-state index in [0.29, 0.717) is 0 Å². The molecule has 1 amide bonds. The number of carbonyl (C=O) groups is 1. The van der Waals surface area contributed by atoms with E-state index in [2.05, 4.69) is 21.2 Å². The van der Waals surface area contributed by atoms with Gasteiger partial charge in [-0.25, -0.2) is 10.1 Å². The van der Waals surface area contributed by atoms with Crippen LogP contribution in [0.25, 0.3) is 11.0 Å². The molecule has 1 heterocycles. The summed E-state index contributed by atoms with van der Waals surface area (Å²) in [4.78, 5) is 11.0. The lowest BCUT2D eigenvalue weighted by atomic mass is 10.3. The van der Waals surface area contributed by atoms with E-state index >= 15 is 0 Å². The molecule has 2 aromatic rings. The molecule has 0 aliphatic carbocycles. The lowest BCUT2D eigenvalue weighted by molar-refractivity contribution is -0.121. The van der Waals surface area contributed by atoms with Gasteiger partial charge in [0.25, 0.3) is 0 Å². The minimum Gasteiger partial charge on any atom is -0.289 e. The van der Waals surface area contributed by atoms with E-state index in [1.165, 1.54) is 0 Å². The van der Waals surface area contributed by atoms with Crippen molar-refractivity contribution in [2.75, 3.05) is 0 Å². The number of rotatable bonds is 4. The molecule has 1 aromatic carbocycles. The summed E-state index contributed by atoms with van der Waals surface area (Å²) in [6, 6.07) is 9.26. The average molecular weight is 230 g/mol. The van der Waals surface area contributed by atoms with Crippen molar-refractivity contribution in [1.29, 1.82) is 5.26 Å². The monoisotopic (exact) mass is 230 g/mol. The molecule has 0 saturated carbocycles. The van der Waals surface area contributed by atoms with Crippen LogP contribution < -0.4 is 10.9 Å². The lowest BCUT2D eigenvalue weighted by Crippen LogP contribution is -2.38. The Balaban J connectivity index is 1.96. The quantitative estimate of drug-likeness (QED) is 0.716. The van der Waals surface area contributed by atoms with Gasteiger partial charge >= 0.3 is 0 Å². The summed E-state index contributed by atoms with van der Waals surface area (Å²) >= 11 is 0. The minimum absolute atomic E-state index is 0.175. The van der Waals surface area contributed by atoms with Gasteiger partial charge in [-0.15, -0.1) is 5.10 Å². The van der Waals surface area contributed by atoms with Crippen LogP contribution in [-0.4, -0.2) is 20.9 Å². The van der Waals surface area contributed by atoms with Crippen LogP contribution in [0.15, 0.2) is 24.3 Å². The zero-order valence-corrected chi connectivity index (χ0v) is 8.92. The maximum atomic E-state index is 11.0. The Labute approximate surface area is 97.0 Å². The highest BCUT2D eigenvalue weighted by Gasteiger charge is 2.03. The number of aromatic nitrogens is 3. The first-order chi connectivity index (χ1) is 8.31. The molecule has 0 spiro atoms. The standard InChI is InChI=1S/C10H10N6O/c11-6-5-10(17)14-12-7-16-9-4-2-1-3-8(9)13-15-16/h1-4,12H,5,7H2,(H,14,17). The summed E-state index contributed by atoms with van der Waals surface area (Å²) in [5.74, 6) is -0.378. The molecule has 0 aliphatic rings. The number of amides is 1. The molecular weight excluding hydrogens is 220 g/mol. The van der Waals surface area contributed by atoms with E-state index in [9.17, 15) is 4.79 Å². The van der Waals surface area contributed by atoms with Crippen LogP contribution in [0.3, 0.4) is 0 Å². The third-order valence-electron chi connectivity index (χ3n) is 2.12. The van der Waals surface area contributed by atoms with Crippen LogP contribution in [0.1, 0.15) is 6.42 Å². The fourth-order valence-electron chi connectivity index (χ4n) is 1.36. The number of hydrazine groups is 1. The van der Waals surface area contributed by atoms with Crippen molar-refractivity contribution in [2.45, 2.75) is 13.1 Å². The van der Waals surface area contributed by atoms with Gasteiger partial charge in [0, 0.05) is 0 Å². The number of carbonyl (C=O) groups excluding carboxylic acids is 1. The molecule has 0 aliphatic heterocycles. The number of nitriles is 1. The van der Waals surface area contributed by atoms with Gasteiger partial charge in [-0.05, 0) is 12.1 Å². The Morgan fingerprint density at radius 1 is 1.47 bits per heavy atom. The van der Waals surface area contributed by atoms with Gasteiger partial charge in [0.1, 0.15) is 18.6 Å². The molecule has 0 unspecified atom stereocenters. The Morgan fingerprint density at radius 2 is 2.29 bits per heavy atom. The second kappa shape index (κ2) is 5.05. The van der Waals surface area contributed by atoms with Crippen molar-refractivity contribution in [2.24, 2.45) is 0 Å². The Kier molecular flexibility index (Phi) is 3.28. The number of hydrogen-bond acceptors (Lipinski definition) is 5. The summed E-state index contributed by atoms with van der Waals surface area (Å²) in [5, 5.41) is 16.2. The Hall–Kier alpha value is -2.46. The van der Waals surface area contributed by atoms with E-state index < -0.39 is 0 Å². The highest BCUT2D eigenvalue weighted by Crippen LogP contribution is 2.08. The van der Waals surface area contributed by atoms with Gasteiger partial charge in [0.2, 0.25) is 5.91 Å². The van der Waals surface area contributed by atoms with Crippen molar-refractivity contribution < 1.29 is 4.79 Å². The van der Waals surface area contributed by atoms with Crippen LogP contribution in [0, 0.1) is 11.3 Å². The number of hydrogen-bond donors (Lipinski definition) is 2. The largest absolute Gasteiger partial charge is 0.289 e. The van der Waals surface area contributed by atoms with Gasteiger partial charge in [-0.3, -0.25) is 10.2 Å². The molecule has 0 atom stereocenters. The summed E-state index contributed by atoms with van der Waals surface area (Å²) < 4.78 is 1.61. The van der Waals surface area contributed by atoms with Crippen molar-refractivity contribution >= 4 is 16.9 Å². The molecule has 7 nitrogen and oxygen atoms in total. The zero-order valence-electron chi connectivity index (χ0n) is 8.92. The molecule has 17 heavy (non-hydrogen) atoms. The number of nitrogens with one attached hydrogen (secondary N) is 2. The second-order valence-electron chi connectivity index (χ2n) is 3.30. The maximum absolute atomic E-state index is 11.0. The van der Waals surface area contributed by atoms with Crippen LogP contribution in [0.5, 0.6) is 0 Å². The summed E-state index contributed by atoms with van der Waals surface area (Å²) in [6.45, 7) is 0.289. The molecule has 2 rings (SSSR count). The van der Waals surface area contributed by atoms with Gasteiger partial charge in [0.05, 0.1) is 11.6 Å². The van der Waals surface area contributed by atoms with E-state index in [0.717, 1.165) is 11.0 Å². The van der Waals surface area contributed by atoms with Crippen LogP contribution in [0.4, 0.5) is 0 Å². The zero-order chi connectivity index (χ0) is 12.1. The highest BCUT2D eigenvalue weighted by molar-refractivity contribution is 5.77. The first-order valence-electron chi connectivity index (χ1n) is 4.98. The fraction of sp³-hybridized carbons (Fsp3) is 0.200. The van der Waals surface area contributed by atoms with Crippen molar-refractivity contribution in [3.8, 4) is 6.07 Å². The van der Waals surface area contributed by atoms with E-state index in [1.54, 1.807) is 10.8 Å². The number of nitrogens with zero attached hydrogens (tertiary/aromatic N) is 4. The molecule has 2 N–H and O–H groups in total. The number of benzene rings is 1. The smallest absolute Gasteiger partial charge is 0.248 e. The van der Waals surface area contributed by atoms with Crippen LogP contribution >= 0.6 is 0 Å². The van der Waals surface area contributed by atoms with Gasteiger partial charge in [-0.1, -0.05) is 17.3 Å². The first kappa shape index (κ1) is 11.0. The van der Waals surface area contributed by atoms with E-state index in [1.807, 2.05) is 24.3 Å². The number of fused-ring (bicyclic) bond motifs is 1. The molecule has 7 heteroatoms. The molecular formula is C10H10N6O. The molecule has 0 radical (unpaired) electrons. The highest BCUT2D eigenvalue weighted by atomic mass is 16.2. The van der Waals surface area contributed by atoms with Crippen LogP contribution in [-0.2, 0) is 11.5 Å². The third-order valence-corrected chi connectivity index (χ3v) is 2.12. The summed E-state index contributed by atoms with van der Waals surface area (Å²) in [6.07, 6.45) is -0.175. The Bertz CT molecular complexity index is 569. The van der Waals surface area contributed by atoms with Gasteiger partial charge in [-0.2, -0.15) is 5.26 Å². The second-order valence-corrected chi connectivity index (χ2v) is 3.30. The van der Waals surface area contributed by atoms with E-state index in [4.69, 9.17) is 5.26 Å². The van der Waals surface area contributed by atoms with Gasteiger partial charge in [0.15, 0.2) is 0 Å². The molecule has 0 fully saturated rings. The number of para-hydroxylation sites is 1. The summed E-state index contributed by atoms with van der Waals surface area (Å²) in [7, 11) is 0. The predicted octanol–water partition coefficient (Wildman–Crippen LogP) is -0.0767. The van der Waals surface area contributed by atoms with E-state index in [-0.39, 0.29) is 19.0 Å². The third kappa shape index (κ3) is 2.56. The fourth-order valence-corrected chi connectivity index (χ4v) is 1.36. The van der Waals surface area contributed by atoms with Crippen molar-refractivity contribution in [1.82, 2.24) is 25.8 Å². The van der Waals surface area contributed by atoms with Gasteiger partial charge < -0.3 is 0 Å². The molecule has 0 bridgehead atoms. The normalized spacial score (nSPS) is 10.1. The average Bonchev–Trinajstić information content (AvgIpc) is 2.73. The lowest BCUT2D eigenvalue weighted by Gasteiger charge is -2.05. The minimum atomic E-state index is -0.378. The molecule has 1 aromatic heterocycles. The topological polar surface area (TPSA) is 95.6 Å².